The Kier molecular flexibility index (Phi) is 4.39. The summed E-state index contributed by atoms with van der Waals surface area (Å²) in [6.45, 7) is 1.79. The van der Waals surface area contributed by atoms with Crippen LogP contribution in [0.15, 0.2) is 40.6 Å². The minimum atomic E-state index is -3.57. The molecule has 2 rings (SSSR count). The first kappa shape index (κ1) is 15.3. The fraction of sp³-hybridized carbons (Fsp3) is 0.231. The number of phenols is 1. The Bertz CT molecular complexity index is 695. The van der Waals surface area contributed by atoms with E-state index in [0.29, 0.717) is 4.34 Å². The monoisotopic (exact) mass is 331 g/mol. The fourth-order valence-electron chi connectivity index (χ4n) is 1.75. The normalized spacial score (nSPS) is 13.6. The van der Waals surface area contributed by atoms with E-state index in [1.807, 2.05) is 0 Å². The highest BCUT2D eigenvalue weighted by Gasteiger charge is 2.27. The number of halogens is 1. The molecule has 0 saturated carbocycles. The third-order valence-electron chi connectivity index (χ3n) is 3.10. The van der Waals surface area contributed by atoms with Crippen LogP contribution in [0.25, 0.3) is 0 Å². The maximum atomic E-state index is 12.5. The van der Waals surface area contributed by atoms with Crippen LogP contribution in [-0.2, 0) is 10.0 Å². The number of benzene rings is 1. The molecule has 0 fully saturated rings. The molecular weight excluding hydrogens is 318 g/mol. The van der Waals surface area contributed by atoms with Crippen molar-refractivity contribution in [2.45, 2.75) is 17.2 Å². The average Bonchev–Trinajstić information content (AvgIpc) is 2.85. The van der Waals surface area contributed by atoms with Gasteiger partial charge >= 0.3 is 0 Å². The SMILES string of the molecule is CC(c1ccc(O)cc1)N(C)S(=O)(=O)c1ccc(Cl)s1. The molecule has 2 aromatic rings. The number of sulfonamides is 1. The van der Waals surface area contributed by atoms with Crippen molar-refractivity contribution in [3.63, 3.8) is 0 Å². The third kappa shape index (κ3) is 2.98. The Morgan fingerprint density at radius 1 is 1.20 bits per heavy atom. The minimum absolute atomic E-state index is 0.150. The zero-order valence-corrected chi connectivity index (χ0v) is 13.3. The van der Waals surface area contributed by atoms with Crippen LogP contribution in [0.5, 0.6) is 5.75 Å². The average molecular weight is 332 g/mol. The van der Waals surface area contributed by atoms with Gasteiger partial charge in [0.2, 0.25) is 0 Å². The number of hydrogen-bond donors (Lipinski definition) is 1. The molecule has 0 aliphatic carbocycles. The van der Waals surface area contributed by atoms with Crippen molar-refractivity contribution < 1.29 is 13.5 Å². The zero-order valence-electron chi connectivity index (χ0n) is 10.9. The van der Waals surface area contributed by atoms with E-state index in [9.17, 15) is 13.5 Å². The van der Waals surface area contributed by atoms with Crippen molar-refractivity contribution in [2.75, 3.05) is 7.05 Å². The molecular formula is C13H14ClNO3S2. The first-order valence-electron chi connectivity index (χ1n) is 5.84. The van der Waals surface area contributed by atoms with Crippen LogP contribution in [0.3, 0.4) is 0 Å². The fourth-order valence-corrected chi connectivity index (χ4v) is 4.77. The molecule has 108 valence electrons. The van der Waals surface area contributed by atoms with E-state index in [1.54, 1.807) is 25.1 Å². The van der Waals surface area contributed by atoms with Gasteiger partial charge in [-0.2, -0.15) is 4.31 Å². The Morgan fingerprint density at radius 3 is 2.30 bits per heavy atom. The Balaban J connectivity index is 2.30. The quantitative estimate of drug-likeness (QED) is 0.933. The van der Waals surface area contributed by atoms with E-state index in [4.69, 9.17) is 11.6 Å². The second-order valence-electron chi connectivity index (χ2n) is 4.35. The van der Waals surface area contributed by atoms with Crippen molar-refractivity contribution in [2.24, 2.45) is 0 Å². The van der Waals surface area contributed by atoms with Crippen LogP contribution in [0, 0.1) is 0 Å². The topological polar surface area (TPSA) is 57.6 Å². The van der Waals surface area contributed by atoms with E-state index < -0.39 is 10.0 Å². The van der Waals surface area contributed by atoms with E-state index >= 15 is 0 Å². The summed E-state index contributed by atoms with van der Waals surface area (Å²) in [6.07, 6.45) is 0. The van der Waals surface area contributed by atoms with Gasteiger partial charge in [0.05, 0.1) is 4.34 Å². The lowest BCUT2D eigenvalue weighted by Gasteiger charge is -2.24. The van der Waals surface area contributed by atoms with Gasteiger partial charge in [0.15, 0.2) is 0 Å². The Labute approximate surface area is 127 Å². The maximum Gasteiger partial charge on any atom is 0.252 e. The molecule has 20 heavy (non-hydrogen) atoms. The number of phenolic OH excluding ortho intramolecular Hbond substituents is 1. The summed E-state index contributed by atoms with van der Waals surface area (Å²) >= 11 is 6.83. The summed E-state index contributed by atoms with van der Waals surface area (Å²) < 4.78 is 26.9. The van der Waals surface area contributed by atoms with E-state index in [1.165, 1.54) is 29.6 Å². The highest BCUT2D eigenvalue weighted by molar-refractivity contribution is 7.91. The molecule has 0 aliphatic heterocycles. The molecule has 1 aromatic carbocycles. The first-order valence-corrected chi connectivity index (χ1v) is 8.48. The summed E-state index contributed by atoms with van der Waals surface area (Å²) in [5, 5.41) is 9.27. The minimum Gasteiger partial charge on any atom is -0.508 e. The number of hydrogen-bond acceptors (Lipinski definition) is 4. The smallest absolute Gasteiger partial charge is 0.252 e. The van der Waals surface area contributed by atoms with Gasteiger partial charge in [-0.25, -0.2) is 8.42 Å². The van der Waals surface area contributed by atoms with Crippen molar-refractivity contribution in [3.8, 4) is 5.75 Å². The lowest BCUT2D eigenvalue weighted by atomic mass is 10.1. The van der Waals surface area contributed by atoms with E-state index in [0.717, 1.165) is 16.9 Å². The summed E-state index contributed by atoms with van der Waals surface area (Å²) in [4.78, 5) is 0. The van der Waals surface area contributed by atoms with Gasteiger partial charge in [0.25, 0.3) is 10.0 Å². The molecule has 0 bridgehead atoms. The summed E-state index contributed by atoms with van der Waals surface area (Å²) in [5.41, 5.74) is 0.802. The molecule has 4 nitrogen and oxygen atoms in total. The highest BCUT2D eigenvalue weighted by Crippen LogP contribution is 2.31. The number of aromatic hydroxyl groups is 1. The van der Waals surface area contributed by atoms with Crippen molar-refractivity contribution in [3.05, 3.63) is 46.3 Å². The highest BCUT2D eigenvalue weighted by atomic mass is 35.5. The second-order valence-corrected chi connectivity index (χ2v) is 8.29. The third-order valence-corrected chi connectivity index (χ3v) is 6.73. The van der Waals surface area contributed by atoms with Crippen LogP contribution < -0.4 is 0 Å². The van der Waals surface area contributed by atoms with Crippen LogP contribution in [-0.4, -0.2) is 24.9 Å². The zero-order chi connectivity index (χ0) is 14.9. The van der Waals surface area contributed by atoms with Gasteiger partial charge in [0, 0.05) is 13.1 Å². The van der Waals surface area contributed by atoms with Gasteiger partial charge < -0.3 is 5.11 Å². The molecule has 0 aliphatic rings. The molecule has 1 N–H and O–H groups in total. The largest absolute Gasteiger partial charge is 0.508 e. The van der Waals surface area contributed by atoms with Crippen LogP contribution in [0.2, 0.25) is 4.34 Å². The lowest BCUT2D eigenvalue weighted by molar-refractivity contribution is 0.399. The predicted octanol–water partition coefficient (Wildman–Crippen LogP) is 3.49. The van der Waals surface area contributed by atoms with Crippen molar-refractivity contribution in [1.29, 1.82) is 0 Å². The molecule has 7 heteroatoms. The van der Waals surface area contributed by atoms with Gasteiger partial charge in [-0.3, -0.25) is 0 Å². The number of nitrogens with zero attached hydrogens (tertiary/aromatic N) is 1. The number of thiophene rings is 1. The Hall–Kier alpha value is -1.08. The maximum absolute atomic E-state index is 12.5. The molecule has 1 unspecified atom stereocenters. The molecule has 1 aromatic heterocycles. The molecule has 0 radical (unpaired) electrons. The summed E-state index contributed by atoms with van der Waals surface area (Å²) in [5.74, 6) is 0.150. The van der Waals surface area contributed by atoms with Crippen LogP contribution >= 0.6 is 22.9 Å². The van der Waals surface area contributed by atoms with Gasteiger partial charge in [-0.05, 0) is 36.8 Å². The van der Waals surface area contributed by atoms with Crippen LogP contribution in [0.1, 0.15) is 18.5 Å². The molecule has 0 spiro atoms. The lowest BCUT2D eigenvalue weighted by Crippen LogP contribution is -2.29. The van der Waals surface area contributed by atoms with Crippen LogP contribution in [0.4, 0.5) is 0 Å². The summed E-state index contributed by atoms with van der Waals surface area (Å²) in [7, 11) is -2.04. The summed E-state index contributed by atoms with van der Waals surface area (Å²) in [6, 6.07) is 9.20. The molecule has 0 saturated heterocycles. The first-order chi connectivity index (χ1) is 9.32. The standard InChI is InChI=1S/C13H14ClNO3S2/c1-9(10-3-5-11(16)6-4-10)15(2)20(17,18)13-8-7-12(14)19-13/h3-9,16H,1-2H3. The van der Waals surface area contributed by atoms with Gasteiger partial charge in [-0.15, -0.1) is 11.3 Å². The van der Waals surface area contributed by atoms with Gasteiger partial charge in [0.1, 0.15) is 9.96 Å². The predicted molar refractivity (Wildman–Crippen MR) is 80.8 cm³/mol. The van der Waals surface area contributed by atoms with Crippen molar-refractivity contribution in [1.82, 2.24) is 4.31 Å². The van der Waals surface area contributed by atoms with Crippen molar-refractivity contribution >= 4 is 33.0 Å². The molecule has 1 heterocycles. The van der Waals surface area contributed by atoms with E-state index in [2.05, 4.69) is 0 Å². The number of rotatable bonds is 4. The van der Waals surface area contributed by atoms with E-state index in [-0.39, 0.29) is 16.0 Å². The molecule has 1 atom stereocenters. The van der Waals surface area contributed by atoms with Gasteiger partial charge in [-0.1, -0.05) is 23.7 Å². The molecule has 0 amide bonds. The Morgan fingerprint density at radius 2 is 1.80 bits per heavy atom. The second kappa shape index (κ2) is 5.73.